The summed E-state index contributed by atoms with van der Waals surface area (Å²) in [6.07, 6.45) is 7.12. The summed E-state index contributed by atoms with van der Waals surface area (Å²) in [5.41, 5.74) is 0.338. The van der Waals surface area contributed by atoms with Crippen molar-refractivity contribution in [3.8, 4) is 0 Å². The molecule has 0 unspecified atom stereocenters. The molecule has 122 valence electrons. The Kier molecular flexibility index (Phi) is 4.69. The van der Waals surface area contributed by atoms with E-state index in [-0.39, 0.29) is 5.82 Å². The number of nitrogens with one attached hydrogen (secondary N) is 2. The molecule has 1 saturated carbocycles. The first-order valence-electron chi connectivity index (χ1n) is 7.93. The first-order valence-corrected chi connectivity index (χ1v) is 7.93. The number of hydrogen-bond acceptors (Lipinski definition) is 2. The summed E-state index contributed by atoms with van der Waals surface area (Å²) in [6.45, 7) is 0. The van der Waals surface area contributed by atoms with Crippen molar-refractivity contribution in [2.24, 2.45) is 5.92 Å². The number of aromatic amines is 1. The van der Waals surface area contributed by atoms with Gasteiger partial charge < -0.3 is 5.32 Å². The highest BCUT2D eigenvalue weighted by atomic mass is 19.1. The molecular formula is C17H19F2N3O. The molecule has 6 heteroatoms. The van der Waals surface area contributed by atoms with Crippen molar-refractivity contribution in [3.63, 3.8) is 0 Å². The number of nitrogens with zero attached hydrogens (tertiary/aromatic N) is 1. The summed E-state index contributed by atoms with van der Waals surface area (Å²) in [4.78, 5) is 12.0. The maximum Gasteiger partial charge on any atom is 0.262 e. The van der Waals surface area contributed by atoms with Crippen LogP contribution in [0, 0.1) is 17.6 Å². The van der Waals surface area contributed by atoms with Crippen molar-refractivity contribution < 1.29 is 13.6 Å². The normalized spacial score (nSPS) is 15.6. The van der Waals surface area contributed by atoms with E-state index in [0.717, 1.165) is 24.2 Å². The largest absolute Gasteiger partial charge is 0.305 e. The summed E-state index contributed by atoms with van der Waals surface area (Å²) >= 11 is 0. The highest BCUT2D eigenvalue weighted by Crippen LogP contribution is 2.26. The van der Waals surface area contributed by atoms with Crippen LogP contribution in [0.15, 0.2) is 24.3 Å². The van der Waals surface area contributed by atoms with Crippen LogP contribution >= 0.6 is 0 Å². The number of benzene rings is 1. The van der Waals surface area contributed by atoms with Gasteiger partial charge in [0.15, 0.2) is 5.82 Å². The number of amides is 1. The average molecular weight is 319 g/mol. The molecule has 1 aromatic carbocycles. The lowest BCUT2D eigenvalue weighted by molar-refractivity contribution is 0.101. The third-order valence-electron chi connectivity index (χ3n) is 4.30. The second-order valence-corrected chi connectivity index (χ2v) is 6.04. The van der Waals surface area contributed by atoms with Crippen molar-refractivity contribution >= 4 is 11.7 Å². The molecule has 0 atom stereocenters. The number of rotatable bonds is 4. The zero-order valence-electron chi connectivity index (χ0n) is 12.7. The second-order valence-electron chi connectivity index (χ2n) is 6.04. The molecule has 0 aliphatic heterocycles. The Bertz CT molecular complexity index is 673. The van der Waals surface area contributed by atoms with Gasteiger partial charge in [0.1, 0.15) is 17.2 Å². The summed E-state index contributed by atoms with van der Waals surface area (Å²) in [7, 11) is 0. The molecule has 1 aliphatic rings. The van der Waals surface area contributed by atoms with Gasteiger partial charge >= 0.3 is 0 Å². The lowest BCUT2D eigenvalue weighted by Crippen LogP contribution is -2.16. The van der Waals surface area contributed by atoms with Gasteiger partial charge in [-0.3, -0.25) is 9.89 Å². The van der Waals surface area contributed by atoms with E-state index in [0.29, 0.717) is 5.92 Å². The molecular weight excluding hydrogens is 300 g/mol. The Labute approximate surface area is 133 Å². The Morgan fingerprint density at radius 1 is 1.22 bits per heavy atom. The third-order valence-corrected chi connectivity index (χ3v) is 4.30. The smallest absolute Gasteiger partial charge is 0.262 e. The molecule has 1 heterocycles. The van der Waals surface area contributed by atoms with Crippen molar-refractivity contribution in [1.29, 1.82) is 0 Å². The Hall–Kier alpha value is -2.24. The van der Waals surface area contributed by atoms with Crippen LogP contribution in [-0.4, -0.2) is 16.1 Å². The number of carbonyl (C=O) groups is 1. The zero-order chi connectivity index (χ0) is 16.2. The molecule has 4 nitrogen and oxygen atoms in total. The predicted octanol–water partition coefficient (Wildman–Crippen LogP) is 4.06. The van der Waals surface area contributed by atoms with E-state index in [4.69, 9.17) is 0 Å². The minimum Gasteiger partial charge on any atom is -0.305 e. The fourth-order valence-corrected chi connectivity index (χ4v) is 3.13. The summed E-state index contributed by atoms with van der Waals surface area (Å²) in [6, 6.07) is 5.05. The fourth-order valence-electron chi connectivity index (χ4n) is 3.13. The summed E-state index contributed by atoms with van der Waals surface area (Å²) < 4.78 is 27.2. The monoisotopic (exact) mass is 319 g/mol. The minimum absolute atomic E-state index is 0.281. The molecule has 2 aromatic rings. The molecule has 1 fully saturated rings. The molecule has 0 radical (unpaired) electrons. The second kappa shape index (κ2) is 6.89. The van der Waals surface area contributed by atoms with Crippen LogP contribution in [0.1, 0.15) is 48.2 Å². The predicted molar refractivity (Wildman–Crippen MR) is 83.2 cm³/mol. The molecule has 3 rings (SSSR count). The van der Waals surface area contributed by atoms with Crippen LogP contribution < -0.4 is 5.32 Å². The number of anilines is 1. The van der Waals surface area contributed by atoms with Gasteiger partial charge in [-0.2, -0.15) is 5.10 Å². The fraction of sp³-hybridized carbons (Fsp3) is 0.412. The molecule has 0 saturated heterocycles. The maximum atomic E-state index is 13.6. The Morgan fingerprint density at radius 2 is 1.91 bits per heavy atom. The van der Waals surface area contributed by atoms with Crippen LogP contribution in [0.3, 0.4) is 0 Å². The lowest BCUT2D eigenvalue weighted by Gasteiger charge is -2.20. The average Bonchev–Trinajstić information content (AvgIpc) is 2.95. The Morgan fingerprint density at radius 3 is 2.61 bits per heavy atom. The SMILES string of the molecule is O=C(Nc1cc(CC2CCCCC2)[nH]n1)c1c(F)cccc1F. The summed E-state index contributed by atoms with van der Waals surface area (Å²) in [5.74, 6) is -1.70. The van der Waals surface area contributed by atoms with Crippen LogP contribution in [-0.2, 0) is 6.42 Å². The molecule has 1 aliphatic carbocycles. The van der Waals surface area contributed by atoms with Gasteiger partial charge in [-0.15, -0.1) is 0 Å². The van der Waals surface area contributed by atoms with Crippen LogP contribution in [0.2, 0.25) is 0 Å². The number of aromatic nitrogens is 2. The van der Waals surface area contributed by atoms with Gasteiger partial charge in [-0.25, -0.2) is 8.78 Å². The maximum absolute atomic E-state index is 13.6. The first kappa shape index (κ1) is 15.6. The molecule has 1 amide bonds. The highest BCUT2D eigenvalue weighted by molar-refractivity contribution is 6.04. The van der Waals surface area contributed by atoms with Crippen LogP contribution in [0.5, 0.6) is 0 Å². The van der Waals surface area contributed by atoms with Gasteiger partial charge in [0.05, 0.1) is 0 Å². The minimum atomic E-state index is -0.888. The van der Waals surface area contributed by atoms with Crippen LogP contribution in [0.25, 0.3) is 0 Å². The van der Waals surface area contributed by atoms with E-state index in [1.807, 2.05) is 0 Å². The van der Waals surface area contributed by atoms with E-state index < -0.39 is 23.1 Å². The van der Waals surface area contributed by atoms with Gasteiger partial charge in [0.25, 0.3) is 5.91 Å². The molecule has 0 bridgehead atoms. The summed E-state index contributed by atoms with van der Waals surface area (Å²) in [5, 5.41) is 9.33. The van der Waals surface area contributed by atoms with Gasteiger partial charge in [-0.05, 0) is 24.5 Å². The molecule has 0 spiro atoms. The first-order chi connectivity index (χ1) is 11.1. The number of hydrogen-bond donors (Lipinski definition) is 2. The van der Waals surface area contributed by atoms with Crippen molar-refractivity contribution in [2.45, 2.75) is 38.5 Å². The standard InChI is InChI=1S/C17H19F2N3O/c18-13-7-4-8-14(19)16(13)17(23)20-15-10-12(21-22-15)9-11-5-2-1-3-6-11/h4,7-8,10-11H,1-3,5-6,9H2,(H2,20,21,22,23). The van der Waals surface area contributed by atoms with E-state index in [2.05, 4.69) is 15.5 Å². The van der Waals surface area contributed by atoms with Gasteiger partial charge in [-0.1, -0.05) is 38.2 Å². The topological polar surface area (TPSA) is 57.8 Å². The van der Waals surface area contributed by atoms with Crippen molar-refractivity contribution in [3.05, 3.63) is 47.2 Å². The molecule has 1 aromatic heterocycles. The molecule has 2 N–H and O–H groups in total. The Balaban J connectivity index is 1.65. The highest BCUT2D eigenvalue weighted by Gasteiger charge is 2.19. The van der Waals surface area contributed by atoms with Crippen LogP contribution in [0.4, 0.5) is 14.6 Å². The number of H-pyrrole nitrogens is 1. The molecule has 23 heavy (non-hydrogen) atoms. The number of halogens is 2. The third kappa shape index (κ3) is 3.75. The zero-order valence-corrected chi connectivity index (χ0v) is 12.7. The van der Waals surface area contributed by atoms with E-state index in [1.54, 1.807) is 6.07 Å². The number of carbonyl (C=O) groups excluding carboxylic acids is 1. The van der Waals surface area contributed by atoms with Gasteiger partial charge in [0, 0.05) is 11.8 Å². The van der Waals surface area contributed by atoms with E-state index in [1.165, 1.54) is 38.2 Å². The quantitative estimate of drug-likeness (QED) is 0.892. The van der Waals surface area contributed by atoms with Gasteiger partial charge in [0.2, 0.25) is 0 Å². The van der Waals surface area contributed by atoms with E-state index >= 15 is 0 Å². The van der Waals surface area contributed by atoms with Crippen molar-refractivity contribution in [2.75, 3.05) is 5.32 Å². The van der Waals surface area contributed by atoms with Crippen molar-refractivity contribution in [1.82, 2.24) is 10.2 Å². The van der Waals surface area contributed by atoms with E-state index in [9.17, 15) is 13.6 Å². The lowest BCUT2D eigenvalue weighted by atomic mass is 9.86.